The standard InChI is InChI=1S/C21H20O/c1-16-10-12-18(13-11-16)15-20-9-5-8-19(21(20)22)14-17-6-3-2-4-7-17/h2-4,6-7,10-15H,5,8-9H2,1H3/b19-14+,20-15+. The van der Waals surface area contributed by atoms with E-state index in [4.69, 9.17) is 0 Å². The molecule has 0 unspecified atom stereocenters. The van der Waals surface area contributed by atoms with Crippen LogP contribution in [0.5, 0.6) is 0 Å². The van der Waals surface area contributed by atoms with E-state index in [9.17, 15) is 4.79 Å². The van der Waals surface area contributed by atoms with Gasteiger partial charge in [0.2, 0.25) is 0 Å². The molecule has 0 atom stereocenters. The third-order valence-electron chi connectivity index (χ3n) is 4.03. The van der Waals surface area contributed by atoms with Gasteiger partial charge in [0.25, 0.3) is 0 Å². The Morgan fingerprint density at radius 1 is 0.773 bits per heavy atom. The number of Topliss-reactive ketones (excluding diaryl/α,β-unsaturated/α-hetero) is 1. The van der Waals surface area contributed by atoms with E-state index in [0.29, 0.717) is 0 Å². The first-order chi connectivity index (χ1) is 10.7. The molecule has 0 bridgehead atoms. The zero-order valence-corrected chi connectivity index (χ0v) is 12.9. The molecular weight excluding hydrogens is 268 g/mol. The maximum absolute atomic E-state index is 12.7. The molecule has 1 nitrogen and oxygen atoms in total. The van der Waals surface area contributed by atoms with Gasteiger partial charge in [-0.2, -0.15) is 0 Å². The molecular formula is C21H20O. The van der Waals surface area contributed by atoms with Crippen LogP contribution in [0.25, 0.3) is 12.2 Å². The molecule has 22 heavy (non-hydrogen) atoms. The van der Waals surface area contributed by atoms with Gasteiger partial charge in [-0.3, -0.25) is 4.79 Å². The predicted octanol–water partition coefficient (Wildman–Crippen LogP) is 5.22. The summed E-state index contributed by atoms with van der Waals surface area (Å²) < 4.78 is 0. The molecule has 0 spiro atoms. The van der Waals surface area contributed by atoms with Gasteiger partial charge < -0.3 is 0 Å². The van der Waals surface area contributed by atoms with Crippen LogP contribution in [-0.4, -0.2) is 5.78 Å². The van der Waals surface area contributed by atoms with Crippen LogP contribution in [0.2, 0.25) is 0 Å². The van der Waals surface area contributed by atoms with E-state index in [2.05, 4.69) is 31.2 Å². The van der Waals surface area contributed by atoms with E-state index in [1.165, 1.54) is 5.56 Å². The van der Waals surface area contributed by atoms with Crippen LogP contribution < -0.4 is 0 Å². The van der Waals surface area contributed by atoms with E-state index >= 15 is 0 Å². The number of ketones is 1. The normalized spacial score (nSPS) is 18.9. The molecule has 1 heteroatoms. The molecule has 2 aromatic rings. The Morgan fingerprint density at radius 2 is 1.32 bits per heavy atom. The zero-order chi connectivity index (χ0) is 15.4. The van der Waals surface area contributed by atoms with Crippen molar-refractivity contribution in [1.29, 1.82) is 0 Å². The van der Waals surface area contributed by atoms with Crippen molar-refractivity contribution >= 4 is 17.9 Å². The van der Waals surface area contributed by atoms with Gasteiger partial charge in [0, 0.05) is 11.1 Å². The summed E-state index contributed by atoms with van der Waals surface area (Å²) in [5, 5.41) is 0. The minimum atomic E-state index is 0.204. The molecule has 1 aliphatic rings. The van der Waals surface area contributed by atoms with Crippen molar-refractivity contribution in [2.75, 3.05) is 0 Å². The fourth-order valence-electron chi connectivity index (χ4n) is 2.79. The average molecular weight is 288 g/mol. The van der Waals surface area contributed by atoms with Crippen LogP contribution in [0.15, 0.2) is 65.7 Å². The monoisotopic (exact) mass is 288 g/mol. The molecule has 0 saturated heterocycles. The Hall–Kier alpha value is -2.41. The van der Waals surface area contributed by atoms with Gasteiger partial charge >= 0.3 is 0 Å². The third-order valence-corrected chi connectivity index (χ3v) is 4.03. The minimum Gasteiger partial charge on any atom is -0.289 e. The summed E-state index contributed by atoms with van der Waals surface area (Å²) in [6.07, 6.45) is 6.87. The molecule has 0 amide bonds. The summed E-state index contributed by atoms with van der Waals surface area (Å²) in [7, 11) is 0. The molecule has 0 radical (unpaired) electrons. The first-order valence-electron chi connectivity index (χ1n) is 7.80. The van der Waals surface area contributed by atoms with E-state index in [-0.39, 0.29) is 5.78 Å². The highest BCUT2D eigenvalue weighted by molar-refractivity contribution is 6.13. The van der Waals surface area contributed by atoms with Crippen molar-refractivity contribution in [2.24, 2.45) is 0 Å². The van der Waals surface area contributed by atoms with Crippen LogP contribution in [0.3, 0.4) is 0 Å². The smallest absolute Gasteiger partial charge is 0.185 e. The van der Waals surface area contributed by atoms with Gasteiger partial charge in [0.15, 0.2) is 5.78 Å². The number of benzene rings is 2. The minimum absolute atomic E-state index is 0.204. The number of allylic oxidation sites excluding steroid dienone is 2. The first-order valence-corrected chi connectivity index (χ1v) is 7.80. The summed E-state index contributed by atoms with van der Waals surface area (Å²) in [5.41, 5.74) is 5.30. The molecule has 1 saturated carbocycles. The van der Waals surface area contributed by atoms with Crippen LogP contribution >= 0.6 is 0 Å². The lowest BCUT2D eigenvalue weighted by atomic mass is 9.87. The Labute approximate surface area is 132 Å². The summed E-state index contributed by atoms with van der Waals surface area (Å²) in [5.74, 6) is 0.204. The van der Waals surface area contributed by atoms with Gasteiger partial charge in [-0.25, -0.2) is 0 Å². The van der Waals surface area contributed by atoms with E-state index in [0.717, 1.165) is 41.5 Å². The van der Waals surface area contributed by atoms with Crippen LogP contribution in [0, 0.1) is 6.92 Å². The second kappa shape index (κ2) is 6.57. The van der Waals surface area contributed by atoms with E-state index < -0.39 is 0 Å². The quantitative estimate of drug-likeness (QED) is 0.693. The summed E-state index contributed by atoms with van der Waals surface area (Å²) in [4.78, 5) is 12.7. The van der Waals surface area contributed by atoms with Gasteiger partial charge in [-0.15, -0.1) is 0 Å². The van der Waals surface area contributed by atoms with E-state index in [1.807, 2.05) is 42.5 Å². The number of hydrogen-bond acceptors (Lipinski definition) is 1. The van der Waals surface area contributed by atoms with Crippen LogP contribution in [0.4, 0.5) is 0 Å². The molecule has 0 aromatic heterocycles. The molecule has 0 heterocycles. The molecule has 2 aromatic carbocycles. The lowest BCUT2D eigenvalue weighted by Gasteiger charge is -2.16. The SMILES string of the molecule is Cc1ccc(/C=C2\CCC/C(=C\c3ccccc3)C2=O)cc1. The lowest BCUT2D eigenvalue weighted by molar-refractivity contribution is -0.112. The predicted molar refractivity (Wildman–Crippen MR) is 92.4 cm³/mol. The average Bonchev–Trinajstić information content (AvgIpc) is 2.54. The number of rotatable bonds is 2. The van der Waals surface area contributed by atoms with Gasteiger partial charge in [-0.1, -0.05) is 60.2 Å². The van der Waals surface area contributed by atoms with Crippen molar-refractivity contribution in [3.63, 3.8) is 0 Å². The second-order valence-electron chi connectivity index (χ2n) is 5.84. The van der Waals surface area contributed by atoms with Crippen molar-refractivity contribution in [1.82, 2.24) is 0 Å². The maximum atomic E-state index is 12.7. The van der Waals surface area contributed by atoms with Crippen molar-refractivity contribution < 1.29 is 4.79 Å². The highest BCUT2D eigenvalue weighted by Crippen LogP contribution is 2.28. The summed E-state index contributed by atoms with van der Waals surface area (Å²) >= 11 is 0. The molecule has 110 valence electrons. The Morgan fingerprint density at radius 3 is 1.91 bits per heavy atom. The van der Waals surface area contributed by atoms with Crippen molar-refractivity contribution in [3.05, 3.63) is 82.4 Å². The van der Waals surface area contributed by atoms with Crippen molar-refractivity contribution in [2.45, 2.75) is 26.2 Å². The number of hydrogen-bond donors (Lipinski definition) is 0. The first kappa shape index (κ1) is 14.5. The highest BCUT2D eigenvalue weighted by atomic mass is 16.1. The molecule has 1 fully saturated rings. The lowest BCUT2D eigenvalue weighted by Crippen LogP contribution is -2.12. The number of aryl methyl sites for hydroxylation is 1. The zero-order valence-electron chi connectivity index (χ0n) is 12.9. The van der Waals surface area contributed by atoms with Gasteiger partial charge in [0.1, 0.15) is 0 Å². The fourth-order valence-corrected chi connectivity index (χ4v) is 2.79. The highest BCUT2D eigenvalue weighted by Gasteiger charge is 2.20. The van der Waals surface area contributed by atoms with Crippen LogP contribution in [-0.2, 0) is 4.79 Å². The Balaban J connectivity index is 1.87. The van der Waals surface area contributed by atoms with E-state index in [1.54, 1.807) is 0 Å². The fraction of sp³-hybridized carbons (Fsp3) is 0.190. The maximum Gasteiger partial charge on any atom is 0.185 e. The van der Waals surface area contributed by atoms with Gasteiger partial charge in [-0.05, 0) is 49.5 Å². The molecule has 0 aliphatic heterocycles. The second-order valence-corrected chi connectivity index (χ2v) is 5.84. The van der Waals surface area contributed by atoms with Gasteiger partial charge in [0.05, 0.1) is 0 Å². The molecule has 1 aliphatic carbocycles. The Bertz CT molecular complexity index is 718. The third kappa shape index (κ3) is 3.43. The number of carbonyl (C=O) groups is 1. The summed E-state index contributed by atoms with van der Waals surface area (Å²) in [6, 6.07) is 18.4. The summed E-state index contributed by atoms with van der Waals surface area (Å²) in [6.45, 7) is 2.07. The molecule has 3 rings (SSSR count). The molecule has 0 N–H and O–H groups in total. The Kier molecular flexibility index (Phi) is 4.34. The number of carbonyl (C=O) groups excluding carboxylic acids is 1. The van der Waals surface area contributed by atoms with Crippen molar-refractivity contribution in [3.8, 4) is 0 Å². The largest absolute Gasteiger partial charge is 0.289 e. The topological polar surface area (TPSA) is 17.1 Å². The van der Waals surface area contributed by atoms with Crippen LogP contribution in [0.1, 0.15) is 36.0 Å².